The highest BCUT2D eigenvalue weighted by Gasteiger charge is 2.10. The smallest absolute Gasteiger partial charge is 0.221 e. The standard InChI is InChI=1S/C21H19N7O/c1-13(29)26-14-7-9-15(10-8-14)27-20-19(22)21(25-12-24-20)28-18-6-2-5-17-16(18)4-3-11-23-17/h2-12H,22H2,1H3,(H,26,29)(H2,24,25,27,28). The van der Waals surface area contributed by atoms with Crippen LogP contribution in [0.15, 0.2) is 67.1 Å². The minimum atomic E-state index is -0.120. The number of nitrogens with one attached hydrogen (secondary N) is 3. The third-order valence-electron chi connectivity index (χ3n) is 4.25. The van der Waals surface area contributed by atoms with Gasteiger partial charge in [0.05, 0.1) is 5.52 Å². The zero-order valence-electron chi connectivity index (χ0n) is 15.7. The molecule has 4 rings (SSSR count). The Morgan fingerprint density at radius 2 is 1.59 bits per heavy atom. The van der Waals surface area contributed by atoms with Crippen molar-refractivity contribution in [1.29, 1.82) is 0 Å². The molecule has 144 valence electrons. The summed E-state index contributed by atoms with van der Waals surface area (Å²) < 4.78 is 0. The minimum Gasteiger partial charge on any atom is -0.393 e. The van der Waals surface area contributed by atoms with E-state index in [9.17, 15) is 4.79 Å². The number of hydrogen-bond donors (Lipinski definition) is 4. The fourth-order valence-electron chi connectivity index (χ4n) is 2.91. The monoisotopic (exact) mass is 385 g/mol. The van der Waals surface area contributed by atoms with Crippen molar-refractivity contribution in [2.45, 2.75) is 6.92 Å². The molecule has 0 atom stereocenters. The number of anilines is 6. The molecular formula is C21H19N7O. The fourth-order valence-corrected chi connectivity index (χ4v) is 2.91. The molecule has 0 bridgehead atoms. The van der Waals surface area contributed by atoms with Gasteiger partial charge in [-0.2, -0.15) is 0 Å². The Kier molecular flexibility index (Phi) is 4.90. The molecule has 0 spiro atoms. The summed E-state index contributed by atoms with van der Waals surface area (Å²) in [4.78, 5) is 24.0. The Morgan fingerprint density at radius 1 is 0.862 bits per heavy atom. The molecule has 5 N–H and O–H groups in total. The Hall–Kier alpha value is -4.20. The van der Waals surface area contributed by atoms with Crippen molar-refractivity contribution in [2.75, 3.05) is 21.7 Å². The third kappa shape index (κ3) is 4.06. The first-order valence-electron chi connectivity index (χ1n) is 8.96. The molecular weight excluding hydrogens is 366 g/mol. The van der Waals surface area contributed by atoms with Crippen LogP contribution in [0.3, 0.4) is 0 Å². The van der Waals surface area contributed by atoms with Crippen LogP contribution in [0.4, 0.5) is 34.4 Å². The molecule has 8 heteroatoms. The summed E-state index contributed by atoms with van der Waals surface area (Å²) in [6.45, 7) is 1.47. The molecule has 0 aliphatic heterocycles. The lowest BCUT2D eigenvalue weighted by Crippen LogP contribution is -2.06. The van der Waals surface area contributed by atoms with E-state index in [1.807, 2.05) is 42.5 Å². The molecule has 0 aliphatic carbocycles. The van der Waals surface area contributed by atoms with E-state index >= 15 is 0 Å². The van der Waals surface area contributed by atoms with E-state index in [0.29, 0.717) is 23.0 Å². The van der Waals surface area contributed by atoms with Gasteiger partial charge in [0, 0.05) is 35.6 Å². The van der Waals surface area contributed by atoms with Crippen LogP contribution in [0, 0.1) is 0 Å². The van der Waals surface area contributed by atoms with E-state index in [0.717, 1.165) is 22.3 Å². The normalized spacial score (nSPS) is 10.5. The molecule has 2 heterocycles. The summed E-state index contributed by atoms with van der Waals surface area (Å²) in [7, 11) is 0. The number of hydrogen-bond acceptors (Lipinski definition) is 7. The Balaban J connectivity index is 1.58. The van der Waals surface area contributed by atoms with Crippen molar-refractivity contribution in [2.24, 2.45) is 0 Å². The topological polar surface area (TPSA) is 118 Å². The number of aromatic nitrogens is 3. The largest absolute Gasteiger partial charge is 0.393 e. The number of nitrogens with zero attached hydrogens (tertiary/aromatic N) is 3. The number of fused-ring (bicyclic) bond motifs is 1. The summed E-state index contributed by atoms with van der Waals surface area (Å²) in [5, 5.41) is 10.1. The molecule has 2 aromatic heterocycles. The number of carbonyl (C=O) groups excluding carboxylic acids is 1. The van der Waals surface area contributed by atoms with Gasteiger partial charge in [-0.3, -0.25) is 9.78 Å². The molecule has 0 radical (unpaired) electrons. The van der Waals surface area contributed by atoms with E-state index in [1.54, 1.807) is 18.3 Å². The maximum absolute atomic E-state index is 11.1. The molecule has 0 saturated carbocycles. The Morgan fingerprint density at radius 3 is 2.34 bits per heavy atom. The van der Waals surface area contributed by atoms with Gasteiger partial charge in [0.15, 0.2) is 11.6 Å². The highest BCUT2D eigenvalue weighted by atomic mass is 16.1. The summed E-state index contributed by atoms with van der Waals surface area (Å²) in [6, 6.07) is 16.9. The second-order valence-electron chi connectivity index (χ2n) is 6.37. The number of benzene rings is 2. The molecule has 4 aromatic rings. The van der Waals surface area contributed by atoms with E-state index < -0.39 is 0 Å². The van der Waals surface area contributed by atoms with E-state index in [-0.39, 0.29) is 5.91 Å². The zero-order valence-corrected chi connectivity index (χ0v) is 15.7. The van der Waals surface area contributed by atoms with Crippen molar-refractivity contribution in [3.63, 3.8) is 0 Å². The number of nitrogen functional groups attached to an aromatic ring is 1. The summed E-state index contributed by atoms with van der Waals surface area (Å²) in [5.74, 6) is 0.854. The second-order valence-corrected chi connectivity index (χ2v) is 6.37. The molecule has 1 amide bonds. The molecule has 0 aliphatic rings. The van der Waals surface area contributed by atoms with Crippen LogP contribution in [0.5, 0.6) is 0 Å². The number of carbonyl (C=O) groups is 1. The van der Waals surface area contributed by atoms with Crippen molar-refractivity contribution in [3.05, 3.63) is 67.1 Å². The molecule has 0 saturated heterocycles. The summed E-state index contributed by atoms with van der Waals surface area (Å²) in [5.41, 5.74) is 9.91. The van der Waals surface area contributed by atoms with Gasteiger partial charge in [-0.05, 0) is 48.5 Å². The van der Waals surface area contributed by atoms with Gasteiger partial charge in [0.1, 0.15) is 12.0 Å². The number of nitrogens with two attached hydrogens (primary N) is 1. The Labute approximate surface area is 167 Å². The average molecular weight is 385 g/mol. The van der Waals surface area contributed by atoms with Crippen molar-refractivity contribution < 1.29 is 4.79 Å². The first kappa shape index (κ1) is 18.2. The van der Waals surface area contributed by atoms with Gasteiger partial charge < -0.3 is 21.7 Å². The molecule has 29 heavy (non-hydrogen) atoms. The quantitative estimate of drug-likeness (QED) is 0.409. The Bertz CT molecular complexity index is 1170. The van der Waals surface area contributed by atoms with Gasteiger partial charge in [-0.25, -0.2) is 9.97 Å². The van der Waals surface area contributed by atoms with Crippen molar-refractivity contribution in [3.8, 4) is 0 Å². The van der Waals surface area contributed by atoms with Crippen LogP contribution < -0.4 is 21.7 Å². The molecule has 0 fully saturated rings. The molecule has 0 unspecified atom stereocenters. The first-order valence-corrected chi connectivity index (χ1v) is 8.96. The molecule has 2 aromatic carbocycles. The second kappa shape index (κ2) is 7.81. The van der Waals surface area contributed by atoms with E-state index in [2.05, 4.69) is 30.9 Å². The summed E-state index contributed by atoms with van der Waals surface area (Å²) in [6.07, 6.45) is 3.19. The predicted octanol–water partition coefficient (Wildman–Crippen LogP) is 4.05. The van der Waals surface area contributed by atoms with Gasteiger partial charge in [0.2, 0.25) is 5.91 Å². The maximum atomic E-state index is 11.1. The third-order valence-corrected chi connectivity index (χ3v) is 4.25. The maximum Gasteiger partial charge on any atom is 0.221 e. The van der Waals surface area contributed by atoms with Crippen LogP contribution in [-0.4, -0.2) is 20.9 Å². The van der Waals surface area contributed by atoms with Crippen LogP contribution in [-0.2, 0) is 4.79 Å². The van der Waals surface area contributed by atoms with E-state index in [1.165, 1.54) is 13.3 Å². The first-order chi connectivity index (χ1) is 14.1. The van der Waals surface area contributed by atoms with Crippen molar-refractivity contribution in [1.82, 2.24) is 15.0 Å². The predicted molar refractivity (Wildman–Crippen MR) is 115 cm³/mol. The van der Waals surface area contributed by atoms with Crippen LogP contribution in [0.25, 0.3) is 10.9 Å². The zero-order chi connectivity index (χ0) is 20.2. The SMILES string of the molecule is CC(=O)Nc1ccc(Nc2ncnc(Nc3cccc4ncccc34)c2N)cc1. The van der Waals surface area contributed by atoms with Gasteiger partial charge in [-0.1, -0.05) is 6.07 Å². The summed E-state index contributed by atoms with van der Waals surface area (Å²) >= 11 is 0. The highest BCUT2D eigenvalue weighted by molar-refractivity contribution is 5.94. The lowest BCUT2D eigenvalue weighted by Gasteiger charge is -2.14. The molecule has 8 nitrogen and oxygen atoms in total. The van der Waals surface area contributed by atoms with Crippen LogP contribution >= 0.6 is 0 Å². The van der Waals surface area contributed by atoms with E-state index in [4.69, 9.17) is 5.73 Å². The lowest BCUT2D eigenvalue weighted by molar-refractivity contribution is -0.114. The van der Waals surface area contributed by atoms with Crippen LogP contribution in [0.1, 0.15) is 6.92 Å². The van der Waals surface area contributed by atoms with Crippen LogP contribution in [0.2, 0.25) is 0 Å². The minimum absolute atomic E-state index is 0.120. The highest BCUT2D eigenvalue weighted by Crippen LogP contribution is 2.31. The number of pyridine rings is 1. The number of rotatable bonds is 5. The van der Waals surface area contributed by atoms with Gasteiger partial charge in [-0.15, -0.1) is 0 Å². The fraction of sp³-hybridized carbons (Fsp3) is 0.0476. The lowest BCUT2D eigenvalue weighted by atomic mass is 10.2. The van der Waals surface area contributed by atoms with Gasteiger partial charge >= 0.3 is 0 Å². The van der Waals surface area contributed by atoms with Gasteiger partial charge in [0.25, 0.3) is 0 Å². The number of amides is 1. The van der Waals surface area contributed by atoms with Crippen molar-refractivity contribution >= 4 is 51.2 Å². The average Bonchev–Trinajstić information content (AvgIpc) is 2.72.